The van der Waals surface area contributed by atoms with Crippen LogP contribution in [0.15, 0.2) is 156 Å². The fourth-order valence-corrected chi connectivity index (χ4v) is 11.4. The monoisotopic (exact) mass is 681 g/mol. The number of rotatable bonds is 0. The highest BCUT2D eigenvalue weighted by Gasteiger charge is 2.50. The Morgan fingerprint density at radius 2 is 0.981 bits per heavy atom. The summed E-state index contributed by atoms with van der Waals surface area (Å²) in [6, 6.07) is 56.8. The molecule has 8 aromatic carbocycles. The molecule has 0 amide bonds. The highest BCUT2D eigenvalue weighted by Crippen LogP contribution is 2.47. The molecule has 0 radical (unpaired) electrons. The van der Waals surface area contributed by atoms with Gasteiger partial charge in [0.2, 0.25) is 0 Å². The van der Waals surface area contributed by atoms with E-state index >= 15 is 0 Å². The van der Waals surface area contributed by atoms with Gasteiger partial charge >= 0.3 is 0 Å². The van der Waals surface area contributed by atoms with Crippen molar-refractivity contribution in [3.8, 4) is 11.4 Å². The van der Waals surface area contributed by atoms with Gasteiger partial charge in [-0.25, -0.2) is 0 Å². The van der Waals surface area contributed by atoms with E-state index in [-0.39, 0.29) is 13.4 Å². The van der Waals surface area contributed by atoms with Crippen LogP contribution in [0.3, 0.4) is 0 Å². The third-order valence-corrected chi connectivity index (χ3v) is 13.3. The molecule has 0 N–H and O–H groups in total. The summed E-state index contributed by atoms with van der Waals surface area (Å²) in [5.41, 5.74) is 21.6. The van der Waals surface area contributed by atoms with Gasteiger partial charge in [-0.1, -0.05) is 115 Å². The van der Waals surface area contributed by atoms with Crippen LogP contribution in [0.1, 0.15) is 0 Å². The molecule has 4 aliphatic heterocycles. The van der Waals surface area contributed by atoms with Crippen LogP contribution < -0.4 is 37.7 Å². The molecule has 4 nitrogen and oxygen atoms in total. The average Bonchev–Trinajstić information content (AvgIpc) is 3.89. The highest BCUT2D eigenvalue weighted by atomic mass is 16.3. The number of furan rings is 1. The quantitative estimate of drug-likeness (QED) is 0.155. The molecular weight excluding hydrogens is 656 g/mol. The van der Waals surface area contributed by atoms with E-state index in [4.69, 9.17) is 4.42 Å². The van der Waals surface area contributed by atoms with E-state index in [1.54, 1.807) is 0 Å². The number of para-hydroxylation sites is 6. The highest BCUT2D eigenvalue weighted by molar-refractivity contribution is 7.04. The van der Waals surface area contributed by atoms with Crippen LogP contribution in [0.25, 0.3) is 76.9 Å². The molecule has 0 saturated heterocycles. The van der Waals surface area contributed by atoms with E-state index < -0.39 is 0 Å². The van der Waals surface area contributed by atoms with Gasteiger partial charge in [-0.2, -0.15) is 0 Å². The smallest absolute Gasteiger partial charge is 0.252 e. The van der Waals surface area contributed by atoms with Crippen molar-refractivity contribution in [3.05, 3.63) is 152 Å². The molecule has 0 atom stereocenters. The van der Waals surface area contributed by atoms with Crippen molar-refractivity contribution >= 4 is 129 Å². The summed E-state index contributed by atoms with van der Waals surface area (Å²) in [5.74, 6) is 0. The zero-order valence-corrected chi connectivity index (χ0v) is 28.8. The molecule has 0 unspecified atom stereocenters. The normalized spacial score (nSPS) is 14.2. The Kier molecular flexibility index (Phi) is 4.38. The molecule has 0 fully saturated rings. The van der Waals surface area contributed by atoms with Gasteiger partial charge in [0.15, 0.2) is 0 Å². The molecule has 6 heteroatoms. The third kappa shape index (κ3) is 2.76. The molecule has 0 aliphatic carbocycles. The predicted octanol–water partition coefficient (Wildman–Crippen LogP) is 7.54. The molecule has 11 aromatic rings. The first kappa shape index (κ1) is 26.8. The summed E-state index contributed by atoms with van der Waals surface area (Å²) in [5, 5.41) is 7.39. The molecule has 0 spiro atoms. The van der Waals surface area contributed by atoms with Crippen LogP contribution in [-0.4, -0.2) is 22.6 Å². The number of benzene rings is 8. The van der Waals surface area contributed by atoms with Crippen LogP contribution in [-0.2, 0) is 0 Å². The van der Waals surface area contributed by atoms with Crippen LogP contribution in [0.4, 0.5) is 17.1 Å². The van der Waals surface area contributed by atoms with Crippen molar-refractivity contribution in [3.63, 3.8) is 0 Å². The van der Waals surface area contributed by atoms with Gasteiger partial charge in [0.25, 0.3) is 13.4 Å². The summed E-state index contributed by atoms with van der Waals surface area (Å²) >= 11 is 0. The van der Waals surface area contributed by atoms with Crippen molar-refractivity contribution in [2.75, 3.05) is 4.90 Å². The Morgan fingerprint density at radius 1 is 0.407 bits per heavy atom. The minimum Gasteiger partial charge on any atom is -0.455 e. The van der Waals surface area contributed by atoms with Crippen LogP contribution in [0, 0.1) is 0 Å². The molecule has 7 heterocycles. The molecule has 0 bridgehead atoms. The largest absolute Gasteiger partial charge is 0.455 e. The molecule has 0 saturated carbocycles. The van der Waals surface area contributed by atoms with Gasteiger partial charge in [0.05, 0.1) is 21.9 Å². The topological polar surface area (TPSA) is 26.2 Å². The molecule has 4 aliphatic rings. The number of anilines is 3. The lowest BCUT2D eigenvalue weighted by Gasteiger charge is -2.47. The van der Waals surface area contributed by atoms with Gasteiger partial charge in [0, 0.05) is 60.9 Å². The Bertz CT molecular complexity index is 3610. The fourth-order valence-electron chi connectivity index (χ4n) is 11.4. The van der Waals surface area contributed by atoms with E-state index in [1.165, 1.54) is 116 Å². The molecule has 244 valence electrons. The number of fused-ring (bicyclic) bond motifs is 20. The first-order valence-electron chi connectivity index (χ1n) is 18.9. The van der Waals surface area contributed by atoms with E-state index in [0.717, 1.165) is 11.2 Å². The third-order valence-electron chi connectivity index (χ3n) is 13.3. The minimum atomic E-state index is 0.0367. The lowest BCUT2D eigenvalue weighted by molar-refractivity contribution is 0.673. The summed E-state index contributed by atoms with van der Waals surface area (Å²) in [7, 11) is 0. The van der Waals surface area contributed by atoms with Crippen molar-refractivity contribution in [2.24, 2.45) is 0 Å². The summed E-state index contributed by atoms with van der Waals surface area (Å²) in [4.78, 5) is 2.62. The zero-order valence-electron chi connectivity index (χ0n) is 28.8. The molecule has 3 aromatic heterocycles. The first-order chi connectivity index (χ1) is 26.8. The average molecular weight is 681 g/mol. The SMILES string of the molecule is c1ccc2c(c1)B1c3c(cc4c5c3N2c2ccccc2B5c2cc3c5ccccc5oc3c3c5ccccc5n-4c23)-n2c3ccccc3c3cccc1c32. The second kappa shape index (κ2) is 8.82. The fraction of sp³-hybridized carbons (Fsp3) is 0. The first-order valence-corrected chi connectivity index (χ1v) is 18.9. The molecule has 54 heavy (non-hydrogen) atoms. The predicted molar refractivity (Wildman–Crippen MR) is 226 cm³/mol. The number of nitrogens with zero attached hydrogens (tertiary/aromatic N) is 3. The second-order valence-electron chi connectivity index (χ2n) is 15.5. The van der Waals surface area contributed by atoms with E-state index in [2.05, 4.69) is 166 Å². The van der Waals surface area contributed by atoms with E-state index in [9.17, 15) is 0 Å². The maximum atomic E-state index is 6.83. The van der Waals surface area contributed by atoms with Crippen LogP contribution in [0.5, 0.6) is 0 Å². The Hall–Kier alpha value is -6.91. The van der Waals surface area contributed by atoms with Gasteiger partial charge in [-0.05, 0) is 69.2 Å². The van der Waals surface area contributed by atoms with Gasteiger partial charge < -0.3 is 18.5 Å². The Morgan fingerprint density at radius 3 is 1.76 bits per heavy atom. The maximum Gasteiger partial charge on any atom is 0.252 e. The minimum absolute atomic E-state index is 0.0367. The van der Waals surface area contributed by atoms with Gasteiger partial charge in [-0.15, -0.1) is 0 Å². The molecule has 15 rings (SSSR count). The van der Waals surface area contributed by atoms with Crippen molar-refractivity contribution in [1.82, 2.24) is 9.13 Å². The van der Waals surface area contributed by atoms with Gasteiger partial charge in [-0.3, -0.25) is 0 Å². The van der Waals surface area contributed by atoms with Crippen molar-refractivity contribution in [1.29, 1.82) is 0 Å². The van der Waals surface area contributed by atoms with Crippen LogP contribution in [0.2, 0.25) is 0 Å². The van der Waals surface area contributed by atoms with Crippen molar-refractivity contribution < 1.29 is 4.42 Å². The second-order valence-corrected chi connectivity index (χ2v) is 15.5. The Labute approximate surface area is 309 Å². The Balaban J connectivity index is 1.23. The maximum absolute atomic E-state index is 6.83. The summed E-state index contributed by atoms with van der Waals surface area (Å²) in [6.45, 7) is 0.136. The van der Waals surface area contributed by atoms with E-state index in [0.29, 0.717) is 0 Å². The molecular formula is C48H25B2N3O. The van der Waals surface area contributed by atoms with Crippen molar-refractivity contribution in [2.45, 2.75) is 0 Å². The lowest BCUT2D eigenvalue weighted by atomic mass is 9.29. The summed E-state index contributed by atoms with van der Waals surface area (Å²) < 4.78 is 12.0. The lowest BCUT2D eigenvalue weighted by Crippen LogP contribution is -2.68. The number of hydrogen-bond donors (Lipinski definition) is 0. The number of hydrogen-bond acceptors (Lipinski definition) is 2. The van der Waals surface area contributed by atoms with E-state index in [1.807, 2.05) is 0 Å². The van der Waals surface area contributed by atoms with Crippen LogP contribution >= 0.6 is 0 Å². The zero-order chi connectivity index (χ0) is 34.6. The summed E-state index contributed by atoms with van der Waals surface area (Å²) in [6.07, 6.45) is 0. The van der Waals surface area contributed by atoms with Gasteiger partial charge in [0.1, 0.15) is 11.2 Å². The standard InChI is InChI=1S/C48H25B2N3O/c1-6-19-35-26(12-1)28-15-11-18-33-45(28)51(35)39-25-40-44-47-43(39)49(33)31-16-4-8-21-37(31)53(47)38-22-9-5-17-32(38)50(44)34-24-30-27-13-3-10-23-41(27)54-48(30)42-29-14-2-7-20-36(29)52(40)46(34)42/h1-25H. The number of aromatic nitrogens is 2.